The third-order valence-corrected chi connectivity index (χ3v) is 4.70. The van der Waals surface area contributed by atoms with E-state index < -0.39 is 5.82 Å². The lowest BCUT2D eigenvalue weighted by atomic mass is 9.91. The van der Waals surface area contributed by atoms with Crippen molar-refractivity contribution in [2.75, 3.05) is 39.9 Å². The van der Waals surface area contributed by atoms with Gasteiger partial charge in [-0.15, -0.1) is 0 Å². The third kappa shape index (κ3) is 4.92. The second-order valence-electron chi connectivity index (χ2n) is 6.43. The number of carbonyl (C=O) groups is 1. The molecular formula is C18H27FN2O3. The van der Waals surface area contributed by atoms with Crippen LogP contribution in [0.4, 0.5) is 4.39 Å². The molecule has 0 radical (unpaired) electrons. The highest BCUT2D eigenvalue weighted by molar-refractivity contribution is 5.78. The number of ether oxygens (including phenoxy) is 1. The van der Waals surface area contributed by atoms with Crippen molar-refractivity contribution in [3.8, 4) is 5.75 Å². The Labute approximate surface area is 143 Å². The van der Waals surface area contributed by atoms with Crippen LogP contribution in [-0.2, 0) is 4.79 Å². The van der Waals surface area contributed by atoms with E-state index in [-0.39, 0.29) is 30.9 Å². The van der Waals surface area contributed by atoms with E-state index >= 15 is 0 Å². The number of likely N-dealkylation sites (tertiary alicyclic amines) is 1. The topological polar surface area (TPSA) is 53.0 Å². The highest BCUT2D eigenvalue weighted by atomic mass is 19.1. The van der Waals surface area contributed by atoms with Crippen LogP contribution in [0.5, 0.6) is 5.75 Å². The fourth-order valence-corrected chi connectivity index (χ4v) is 3.10. The van der Waals surface area contributed by atoms with E-state index in [1.807, 2.05) is 0 Å². The summed E-state index contributed by atoms with van der Waals surface area (Å²) >= 11 is 0. The molecule has 1 aliphatic heterocycles. The van der Waals surface area contributed by atoms with E-state index in [4.69, 9.17) is 4.74 Å². The van der Waals surface area contributed by atoms with Gasteiger partial charge < -0.3 is 14.7 Å². The molecule has 2 atom stereocenters. The van der Waals surface area contributed by atoms with Crippen LogP contribution >= 0.6 is 0 Å². The normalized spacial score (nSPS) is 21.5. The van der Waals surface area contributed by atoms with Gasteiger partial charge in [-0.2, -0.15) is 0 Å². The van der Waals surface area contributed by atoms with Crippen molar-refractivity contribution in [3.63, 3.8) is 0 Å². The number of rotatable bonds is 7. The average Bonchev–Trinajstić information content (AvgIpc) is 2.56. The summed E-state index contributed by atoms with van der Waals surface area (Å²) in [6, 6.07) is 6.27. The number of nitrogens with zero attached hydrogens (tertiary/aromatic N) is 2. The third-order valence-electron chi connectivity index (χ3n) is 4.70. The molecule has 1 saturated heterocycles. The number of amides is 1. The van der Waals surface area contributed by atoms with Crippen molar-refractivity contribution < 1.29 is 19.0 Å². The minimum atomic E-state index is -0.403. The lowest BCUT2D eigenvalue weighted by Crippen LogP contribution is -2.51. The smallest absolute Gasteiger partial charge is 0.236 e. The number of hydrogen-bond donors (Lipinski definition) is 1. The average molecular weight is 338 g/mol. The Balaban J connectivity index is 1.78. The number of aliphatic hydroxyl groups excluding tert-OH is 1. The molecule has 0 saturated carbocycles. The van der Waals surface area contributed by atoms with Gasteiger partial charge in [0, 0.05) is 13.1 Å². The Morgan fingerprint density at radius 1 is 1.46 bits per heavy atom. The van der Waals surface area contributed by atoms with Crippen molar-refractivity contribution >= 4 is 5.91 Å². The molecule has 0 aliphatic carbocycles. The van der Waals surface area contributed by atoms with Gasteiger partial charge in [0.25, 0.3) is 0 Å². The van der Waals surface area contributed by atoms with Gasteiger partial charge in [-0.25, -0.2) is 4.39 Å². The lowest BCUT2D eigenvalue weighted by molar-refractivity contribution is -0.133. The first kappa shape index (κ1) is 18.7. The van der Waals surface area contributed by atoms with Gasteiger partial charge in [-0.05, 0) is 37.4 Å². The molecule has 1 amide bonds. The molecule has 0 bridgehead atoms. The maximum atomic E-state index is 13.5. The van der Waals surface area contributed by atoms with Crippen LogP contribution in [0.1, 0.15) is 19.8 Å². The first-order valence-corrected chi connectivity index (χ1v) is 8.49. The molecule has 5 nitrogen and oxygen atoms in total. The number of halogens is 1. The molecule has 0 aromatic heterocycles. The number of carbonyl (C=O) groups excluding carboxylic acids is 1. The Morgan fingerprint density at radius 2 is 2.21 bits per heavy atom. The number of hydrogen-bond acceptors (Lipinski definition) is 4. The van der Waals surface area contributed by atoms with Crippen LogP contribution in [0.25, 0.3) is 0 Å². The van der Waals surface area contributed by atoms with Gasteiger partial charge in [0.2, 0.25) is 5.91 Å². The second-order valence-corrected chi connectivity index (χ2v) is 6.43. The Morgan fingerprint density at radius 3 is 2.92 bits per heavy atom. The van der Waals surface area contributed by atoms with Crippen molar-refractivity contribution in [2.24, 2.45) is 5.92 Å². The number of benzene rings is 1. The zero-order valence-corrected chi connectivity index (χ0v) is 14.4. The van der Waals surface area contributed by atoms with E-state index in [0.29, 0.717) is 19.0 Å². The zero-order chi connectivity index (χ0) is 17.5. The Hall–Kier alpha value is -1.66. The van der Waals surface area contributed by atoms with E-state index in [2.05, 4.69) is 11.8 Å². The molecule has 134 valence electrons. The molecule has 1 aromatic rings. The first-order valence-electron chi connectivity index (χ1n) is 8.49. The number of likely N-dealkylation sites (N-methyl/N-ethyl adjacent to an activating group) is 1. The molecule has 6 heteroatoms. The maximum Gasteiger partial charge on any atom is 0.236 e. The minimum absolute atomic E-state index is 0.0142. The van der Waals surface area contributed by atoms with Gasteiger partial charge in [0.1, 0.15) is 6.61 Å². The van der Waals surface area contributed by atoms with E-state index in [1.165, 1.54) is 6.07 Å². The van der Waals surface area contributed by atoms with Crippen molar-refractivity contribution in [3.05, 3.63) is 30.1 Å². The molecule has 2 unspecified atom stereocenters. The summed E-state index contributed by atoms with van der Waals surface area (Å²) in [6.07, 6.45) is 2.13. The number of para-hydroxylation sites is 1. The molecule has 24 heavy (non-hydrogen) atoms. The maximum absolute atomic E-state index is 13.5. The van der Waals surface area contributed by atoms with E-state index in [0.717, 1.165) is 19.4 Å². The minimum Gasteiger partial charge on any atom is -0.489 e. The van der Waals surface area contributed by atoms with Crippen molar-refractivity contribution in [1.29, 1.82) is 0 Å². The molecule has 1 aromatic carbocycles. The number of piperidine rings is 1. The summed E-state index contributed by atoms with van der Waals surface area (Å²) in [5.74, 6) is 0.175. The summed E-state index contributed by atoms with van der Waals surface area (Å²) < 4.78 is 18.8. The fraction of sp³-hybridized carbons (Fsp3) is 0.611. The standard InChI is InChI=1S/C18H27FN2O3/c1-14-6-5-9-21(16(14)13-22)12-18(23)20(2)10-11-24-17-8-4-3-7-15(17)19/h3-4,7-8,14,16,22H,5-6,9-13H2,1-2H3. The largest absolute Gasteiger partial charge is 0.489 e. The van der Waals surface area contributed by atoms with Crippen LogP contribution in [0, 0.1) is 11.7 Å². The predicted molar refractivity (Wildman–Crippen MR) is 90.4 cm³/mol. The molecule has 1 aliphatic rings. The van der Waals surface area contributed by atoms with Gasteiger partial charge in [-0.3, -0.25) is 9.69 Å². The van der Waals surface area contributed by atoms with Crippen molar-refractivity contribution in [2.45, 2.75) is 25.8 Å². The first-order chi connectivity index (χ1) is 11.5. The van der Waals surface area contributed by atoms with Gasteiger partial charge in [-0.1, -0.05) is 19.1 Å². The summed E-state index contributed by atoms with van der Waals surface area (Å²) in [5, 5.41) is 9.55. The van der Waals surface area contributed by atoms with Crippen LogP contribution in [0.2, 0.25) is 0 Å². The molecule has 0 spiro atoms. The molecule has 1 heterocycles. The fourth-order valence-electron chi connectivity index (χ4n) is 3.10. The molecular weight excluding hydrogens is 311 g/mol. The lowest BCUT2D eigenvalue weighted by Gasteiger charge is -2.39. The quantitative estimate of drug-likeness (QED) is 0.823. The van der Waals surface area contributed by atoms with Crippen LogP contribution in [0.15, 0.2) is 24.3 Å². The summed E-state index contributed by atoms with van der Waals surface area (Å²) in [6.45, 7) is 3.95. The zero-order valence-electron chi connectivity index (χ0n) is 14.4. The summed E-state index contributed by atoms with van der Waals surface area (Å²) in [5.41, 5.74) is 0. The van der Waals surface area contributed by atoms with Gasteiger partial charge in [0.05, 0.1) is 19.7 Å². The van der Waals surface area contributed by atoms with E-state index in [9.17, 15) is 14.3 Å². The van der Waals surface area contributed by atoms with Crippen LogP contribution in [-0.4, -0.2) is 66.8 Å². The Kier molecular flexibility index (Phi) is 6.99. The molecule has 2 rings (SSSR count). The summed E-state index contributed by atoms with van der Waals surface area (Å²) in [7, 11) is 1.72. The van der Waals surface area contributed by atoms with Crippen LogP contribution in [0.3, 0.4) is 0 Å². The van der Waals surface area contributed by atoms with Gasteiger partial charge in [0.15, 0.2) is 11.6 Å². The van der Waals surface area contributed by atoms with E-state index in [1.54, 1.807) is 30.1 Å². The summed E-state index contributed by atoms with van der Waals surface area (Å²) in [4.78, 5) is 16.0. The molecule has 1 N–H and O–H groups in total. The number of aliphatic hydroxyl groups is 1. The SMILES string of the molecule is CC1CCCN(CC(=O)N(C)CCOc2ccccc2F)C1CO. The van der Waals surface area contributed by atoms with Gasteiger partial charge >= 0.3 is 0 Å². The monoisotopic (exact) mass is 338 g/mol. The van der Waals surface area contributed by atoms with Crippen molar-refractivity contribution in [1.82, 2.24) is 9.80 Å². The highest BCUT2D eigenvalue weighted by Crippen LogP contribution is 2.22. The highest BCUT2D eigenvalue weighted by Gasteiger charge is 2.29. The Bertz CT molecular complexity index is 541. The predicted octanol–water partition coefficient (Wildman–Crippen LogP) is 1.76. The molecule has 1 fully saturated rings. The van der Waals surface area contributed by atoms with Crippen LogP contribution < -0.4 is 4.74 Å². The second kappa shape index (κ2) is 8.99.